The van der Waals surface area contributed by atoms with Crippen LogP contribution in [-0.4, -0.2) is 26.3 Å². The predicted molar refractivity (Wildman–Crippen MR) is 124 cm³/mol. The highest BCUT2D eigenvalue weighted by atomic mass is 32.2. The molecule has 0 saturated heterocycles. The molecule has 4 rings (SSSR count). The summed E-state index contributed by atoms with van der Waals surface area (Å²) in [4.78, 5) is 17.3. The Balaban J connectivity index is 1.60. The van der Waals surface area contributed by atoms with Crippen LogP contribution in [0.25, 0.3) is 22.5 Å². The minimum atomic E-state index is -0.471. The third-order valence-electron chi connectivity index (χ3n) is 4.44. The number of hydrogen-bond acceptors (Lipinski definition) is 7. The van der Waals surface area contributed by atoms with E-state index >= 15 is 0 Å². The second kappa shape index (κ2) is 9.51. The Hall–Kier alpha value is -3.54. The number of thioether (sulfide) groups is 1. The Morgan fingerprint density at radius 3 is 2.29 bits per heavy atom. The van der Waals surface area contributed by atoms with E-state index in [2.05, 4.69) is 21.6 Å². The smallest absolute Gasteiger partial charge is 0.238 e. The molecule has 2 heterocycles. The number of anilines is 1. The summed E-state index contributed by atoms with van der Waals surface area (Å²) in [6.07, 6.45) is 0. The molecule has 0 aliphatic heterocycles. The molecule has 8 heteroatoms. The molecule has 0 fully saturated rings. The Morgan fingerprint density at radius 2 is 1.65 bits per heavy atom. The van der Waals surface area contributed by atoms with E-state index < -0.39 is 5.25 Å². The molecule has 1 N–H and O–H groups in total. The van der Waals surface area contributed by atoms with Crippen LogP contribution in [0.1, 0.15) is 12.5 Å². The second-order valence-corrected chi connectivity index (χ2v) is 8.77. The zero-order valence-electron chi connectivity index (χ0n) is 16.5. The first-order chi connectivity index (χ1) is 15.2. The molecule has 1 atom stereocenters. The van der Waals surface area contributed by atoms with E-state index in [1.807, 2.05) is 60.7 Å². The molecule has 4 aromatic rings. The number of hydrogen-bond donors (Lipinski definition) is 1. The van der Waals surface area contributed by atoms with Crippen molar-refractivity contribution in [3.8, 4) is 28.6 Å². The molecule has 2 aromatic heterocycles. The highest BCUT2D eigenvalue weighted by Crippen LogP contribution is 2.31. The summed E-state index contributed by atoms with van der Waals surface area (Å²) in [5.41, 5.74) is 3.69. The largest absolute Gasteiger partial charge is 0.316 e. The van der Waals surface area contributed by atoms with Crippen LogP contribution in [0.5, 0.6) is 0 Å². The summed E-state index contributed by atoms with van der Waals surface area (Å²) in [6, 6.07) is 23.3. The van der Waals surface area contributed by atoms with Gasteiger partial charge in [0.1, 0.15) is 22.5 Å². The van der Waals surface area contributed by atoms with E-state index in [4.69, 9.17) is 10.2 Å². The first-order valence-corrected chi connectivity index (χ1v) is 11.2. The standard InChI is InChI=1S/C23H17N5OS2/c1-15(21(29)26-22-18(14-24)12-13-30-22)31-23-25-19(16-8-4-2-5-9-16)20(27-28-23)17-10-6-3-7-11-17/h2-13,15H,1H3,(H,26,29)/t15-/m0/s1. The first-order valence-electron chi connectivity index (χ1n) is 9.46. The lowest BCUT2D eigenvalue weighted by Gasteiger charge is -2.12. The maximum Gasteiger partial charge on any atom is 0.238 e. The molecule has 152 valence electrons. The van der Waals surface area contributed by atoms with Crippen LogP contribution in [0.4, 0.5) is 5.00 Å². The summed E-state index contributed by atoms with van der Waals surface area (Å²) in [7, 11) is 0. The normalized spacial score (nSPS) is 11.5. The van der Waals surface area contributed by atoms with Crippen LogP contribution in [0.3, 0.4) is 0 Å². The van der Waals surface area contributed by atoms with Crippen LogP contribution in [0, 0.1) is 11.3 Å². The van der Waals surface area contributed by atoms with Crippen molar-refractivity contribution < 1.29 is 4.79 Å². The van der Waals surface area contributed by atoms with Gasteiger partial charge in [-0.05, 0) is 18.4 Å². The number of thiophene rings is 1. The maximum absolute atomic E-state index is 12.6. The average Bonchev–Trinajstić information content (AvgIpc) is 3.27. The van der Waals surface area contributed by atoms with Crippen LogP contribution in [0.15, 0.2) is 77.3 Å². The highest BCUT2D eigenvalue weighted by Gasteiger charge is 2.20. The summed E-state index contributed by atoms with van der Waals surface area (Å²) in [5, 5.41) is 22.9. The molecule has 2 aromatic carbocycles. The maximum atomic E-state index is 12.6. The summed E-state index contributed by atoms with van der Waals surface area (Å²) >= 11 is 2.54. The molecule has 0 unspecified atom stereocenters. The number of benzene rings is 2. The van der Waals surface area contributed by atoms with Gasteiger partial charge in [-0.2, -0.15) is 5.26 Å². The molecule has 0 aliphatic carbocycles. The zero-order valence-corrected chi connectivity index (χ0v) is 18.2. The number of aromatic nitrogens is 3. The molecular weight excluding hydrogens is 426 g/mol. The Kier molecular flexibility index (Phi) is 6.36. The fourth-order valence-corrected chi connectivity index (χ4v) is 4.32. The van der Waals surface area contributed by atoms with E-state index in [9.17, 15) is 4.79 Å². The molecule has 0 spiro atoms. The number of carbonyl (C=O) groups is 1. The van der Waals surface area contributed by atoms with E-state index in [0.29, 0.717) is 27.1 Å². The van der Waals surface area contributed by atoms with Crippen LogP contribution in [-0.2, 0) is 4.79 Å². The number of nitrogens with zero attached hydrogens (tertiary/aromatic N) is 4. The van der Waals surface area contributed by atoms with Gasteiger partial charge in [0.25, 0.3) is 0 Å². The topological polar surface area (TPSA) is 91.6 Å². The van der Waals surface area contributed by atoms with Gasteiger partial charge in [0.2, 0.25) is 11.1 Å². The van der Waals surface area contributed by atoms with Gasteiger partial charge in [-0.3, -0.25) is 4.79 Å². The molecule has 1 amide bonds. The van der Waals surface area contributed by atoms with Crippen molar-refractivity contribution in [2.75, 3.05) is 5.32 Å². The molecule has 0 aliphatic rings. The van der Waals surface area contributed by atoms with Crippen molar-refractivity contribution >= 4 is 34.0 Å². The van der Waals surface area contributed by atoms with Crippen molar-refractivity contribution in [2.45, 2.75) is 17.3 Å². The number of nitrogens with one attached hydrogen (secondary N) is 1. The van der Waals surface area contributed by atoms with E-state index in [0.717, 1.165) is 11.1 Å². The van der Waals surface area contributed by atoms with Crippen LogP contribution >= 0.6 is 23.1 Å². The Bertz CT molecular complexity index is 1240. The fourth-order valence-electron chi connectivity index (χ4n) is 2.87. The molecule has 0 saturated carbocycles. The second-order valence-electron chi connectivity index (χ2n) is 6.55. The summed E-state index contributed by atoms with van der Waals surface area (Å²) in [6.45, 7) is 1.77. The number of amides is 1. The van der Waals surface area contributed by atoms with Crippen molar-refractivity contribution in [1.29, 1.82) is 5.26 Å². The first kappa shape index (κ1) is 20.7. The average molecular weight is 444 g/mol. The van der Waals surface area contributed by atoms with Crippen molar-refractivity contribution in [1.82, 2.24) is 15.2 Å². The molecule has 0 bridgehead atoms. The van der Waals surface area contributed by atoms with Gasteiger partial charge in [0, 0.05) is 11.1 Å². The molecule has 0 radical (unpaired) electrons. The minimum absolute atomic E-state index is 0.221. The summed E-state index contributed by atoms with van der Waals surface area (Å²) < 4.78 is 0. The van der Waals surface area contributed by atoms with Gasteiger partial charge in [-0.25, -0.2) is 4.98 Å². The van der Waals surface area contributed by atoms with Gasteiger partial charge in [0.15, 0.2) is 0 Å². The highest BCUT2D eigenvalue weighted by molar-refractivity contribution is 8.00. The van der Waals surface area contributed by atoms with E-state index in [1.54, 1.807) is 18.4 Å². The number of nitriles is 1. The van der Waals surface area contributed by atoms with Crippen molar-refractivity contribution in [3.63, 3.8) is 0 Å². The van der Waals surface area contributed by atoms with Gasteiger partial charge >= 0.3 is 0 Å². The lowest BCUT2D eigenvalue weighted by Crippen LogP contribution is -2.22. The van der Waals surface area contributed by atoms with Crippen molar-refractivity contribution in [3.05, 3.63) is 77.7 Å². The van der Waals surface area contributed by atoms with E-state index in [1.165, 1.54) is 23.1 Å². The monoisotopic (exact) mass is 443 g/mol. The molecule has 31 heavy (non-hydrogen) atoms. The van der Waals surface area contributed by atoms with Gasteiger partial charge in [0.05, 0.1) is 10.8 Å². The third kappa shape index (κ3) is 4.79. The fraction of sp³-hybridized carbons (Fsp3) is 0.0870. The van der Waals surface area contributed by atoms with Crippen LogP contribution < -0.4 is 5.32 Å². The zero-order chi connectivity index (χ0) is 21.6. The lowest BCUT2D eigenvalue weighted by molar-refractivity contribution is -0.115. The lowest BCUT2D eigenvalue weighted by atomic mass is 10.0. The van der Waals surface area contributed by atoms with Gasteiger partial charge in [-0.15, -0.1) is 21.5 Å². The number of rotatable bonds is 6. The van der Waals surface area contributed by atoms with Crippen molar-refractivity contribution in [2.24, 2.45) is 0 Å². The van der Waals surface area contributed by atoms with E-state index in [-0.39, 0.29) is 5.91 Å². The molecule has 6 nitrogen and oxygen atoms in total. The molecular formula is C23H17N5OS2. The third-order valence-corrected chi connectivity index (χ3v) is 6.22. The number of carbonyl (C=O) groups excluding carboxylic acids is 1. The Labute approximate surface area is 188 Å². The van der Waals surface area contributed by atoms with Gasteiger partial charge < -0.3 is 5.32 Å². The van der Waals surface area contributed by atoms with Crippen LogP contribution in [0.2, 0.25) is 0 Å². The summed E-state index contributed by atoms with van der Waals surface area (Å²) in [5.74, 6) is -0.221. The SMILES string of the molecule is C[C@H](Sc1nnc(-c2ccccc2)c(-c2ccccc2)n1)C(=O)Nc1sccc1C#N. The van der Waals surface area contributed by atoms with Gasteiger partial charge in [-0.1, -0.05) is 72.4 Å². The predicted octanol–water partition coefficient (Wildman–Crippen LogP) is 5.26. The minimum Gasteiger partial charge on any atom is -0.316 e. The quantitative estimate of drug-likeness (QED) is 0.409. The Morgan fingerprint density at radius 1 is 1.00 bits per heavy atom.